The van der Waals surface area contributed by atoms with E-state index < -0.39 is 8.07 Å². The van der Waals surface area contributed by atoms with E-state index in [1.807, 2.05) is 0 Å². The molecule has 6 aromatic carbocycles. The largest absolute Gasteiger partial charge is 4.00 e. The SMILES string of the molecule is [CH3-].[CH3-].[Ti+4].c1ccc([Si](c2ccccc2)(c2cc3ccccc3[cH-]2)c2cc3ccccc3[cH-]2)cc1. The van der Waals surface area contributed by atoms with Crippen molar-refractivity contribution < 1.29 is 21.7 Å². The molecular formula is C32H28SiTi. The van der Waals surface area contributed by atoms with Crippen LogP contribution < -0.4 is 20.7 Å². The Balaban J connectivity index is 0.00000108. The van der Waals surface area contributed by atoms with E-state index >= 15 is 0 Å². The molecule has 34 heavy (non-hydrogen) atoms. The van der Waals surface area contributed by atoms with Crippen molar-refractivity contribution >= 4 is 50.4 Å². The molecule has 0 heterocycles. The summed E-state index contributed by atoms with van der Waals surface area (Å²) in [6.45, 7) is 0. The molecule has 0 unspecified atom stereocenters. The van der Waals surface area contributed by atoms with Gasteiger partial charge in [0.15, 0.2) is 0 Å². The molecule has 0 N–H and O–H groups in total. The fourth-order valence-electron chi connectivity index (χ4n) is 5.11. The average Bonchev–Trinajstić information content (AvgIpc) is 3.46. The Bertz CT molecular complexity index is 1290. The second-order valence-electron chi connectivity index (χ2n) is 8.23. The maximum atomic E-state index is 2.43. The molecule has 0 saturated carbocycles. The molecule has 0 saturated heterocycles. The van der Waals surface area contributed by atoms with E-state index in [4.69, 9.17) is 0 Å². The number of hydrogen-bond donors (Lipinski definition) is 0. The summed E-state index contributed by atoms with van der Waals surface area (Å²) < 4.78 is 0. The molecule has 0 bridgehead atoms. The van der Waals surface area contributed by atoms with E-state index in [0.29, 0.717) is 0 Å². The maximum Gasteiger partial charge on any atom is 4.00 e. The van der Waals surface area contributed by atoms with Gasteiger partial charge in [-0.15, -0.1) is 69.7 Å². The third-order valence-electron chi connectivity index (χ3n) is 6.52. The zero-order valence-corrected chi connectivity index (χ0v) is 22.3. The molecule has 164 valence electrons. The van der Waals surface area contributed by atoms with Crippen LogP contribution in [0.5, 0.6) is 0 Å². The van der Waals surface area contributed by atoms with Gasteiger partial charge in [0, 0.05) is 0 Å². The van der Waals surface area contributed by atoms with Crippen LogP contribution in [0.15, 0.2) is 133 Å². The topological polar surface area (TPSA) is 0 Å². The Morgan fingerprint density at radius 3 is 1.18 bits per heavy atom. The minimum absolute atomic E-state index is 0. The molecular weight excluding hydrogens is 460 g/mol. The zero-order valence-electron chi connectivity index (χ0n) is 19.7. The predicted molar refractivity (Wildman–Crippen MR) is 149 cm³/mol. The molecule has 0 aromatic heterocycles. The van der Waals surface area contributed by atoms with Crippen molar-refractivity contribution in [3.8, 4) is 0 Å². The maximum absolute atomic E-state index is 2.47. The molecule has 0 radical (unpaired) electrons. The van der Waals surface area contributed by atoms with Crippen LogP contribution in [0.1, 0.15) is 0 Å². The van der Waals surface area contributed by atoms with Gasteiger partial charge in [0.2, 0.25) is 0 Å². The van der Waals surface area contributed by atoms with Crippen LogP contribution in [-0.4, -0.2) is 8.07 Å². The van der Waals surface area contributed by atoms with Crippen LogP contribution in [0.3, 0.4) is 0 Å². The Morgan fingerprint density at radius 1 is 0.441 bits per heavy atom. The van der Waals surface area contributed by atoms with Gasteiger partial charge in [-0.1, -0.05) is 72.8 Å². The summed E-state index contributed by atoms with van der Waals surface area (Å²) in [6, 6.07) is 49.5. The Morgan fingerprint density at radius 2 is 0.794 bits per heavy atom. The first-order valence-corrected chi connectivity index (χ1v) is 12.8. The molecule has 2 heteroatoms. The molecule has 0 fully saturated rings. The summed E-state index contributed by atoms with van der Waals surface area (Å²) in [4.78, 5) is 0. The first-order valence-electron chi connectivity index (χ1n) is 10.8. The summed E-state index contributed by atoms with van der Waals surface area (Å²) in [5, 5.41) is 11.0. The van der Waals surface area contributed by atoms with Gasteiger partial charge in [-0.25, -0.2) is 0 Å². The fraction of sp³-hybridized carbons (Fsp3) is 0. The molecule has 0 atom stereocenters. The van der Waals surface area contributed by atoms with Crippen molar-refractivity contribution in [1.29, 1.82) is 0 Å². The zero-order chi connectivity index (χ0) is 20.7. The van der Waals surface area contributed by atoms with Crippen LogP contribution in [-0.2, 0) is 21.7 Å². The first kappa shape index (κ1) is 25.7. The monoisotopic (exact) mass is 488 g/mol. The molecule has 0 aliphatic heterocycles. The number of fused-ring (bicyclic) bond motifs is 2. The van der Waals surface area contributed by atoms with Gasteiger partial charge in [0.05, 0.1) is 0 Å². The van der Waals surface area contributed by atoms with E-state index in [-0.39, 0.29) is 36.6 Å². The summed E-state index contributed by atoms with van der Waals surface area (Å²) in [5.41, 5.74) is 0. The summed E-state index contributed by atoms with van der Waals surface area (Å²) in [5.74, 6) is 0. The average molecular weight is 489 g/mol. The van der Waals surface area contributed by atoms with Gasteiger partial charge >= 0.3 is 21.7 Å². The van der Waals surface area contributed by atoms with E-state index in [9.17, 15) is 0 Å². The molecule has 6 aromatic rings. The molecule has 0 amide bonds. The minimum Gasteiger partial charge on any atom is -0.358 e. The first-order chi connectivity index (χ1) is 15.4. The van der Waals surface area contributed by atoms with Crippen LogP contribution in [0.25, 0.3) is 21.5 Å². The Labute approximate surface area is 219 Å². The van der Waals surface area contributed by atoms with Crippen LogP contribution in [0, 0.1) is 14.9 Å². The molecule has 0 spiro atoms. The Hall–Kier alpha value is -2.97. The Kier molecular flexibility index (Phi) is 7.94. The molecule has 0 aliphatic rings. The van der Waals surface area contributed by atoms with Gasteiger partial charge in [0.25, 0.3) is 0 Å². The smallest absolute Gasteiger partial charge is 0.358 e. The third-order valence-corrected chi connectivity index (χ3v) is 11.2. The van der Waals surface area contributed by atoms with Gasteiger partial charge in [-0.2, -0.15) is 22.9 Å². The van der Waals surface area contributed by atoms with Gasteiger partial charge < -0.3 is 14.9 Å². The van der Waals surface area contributed by atoms with Crippen molar-refractivity contribution in [3.05, 3.63) is 148 Å². The molecule has 0 aliphatic carbocycles. The van der Waals surface area contributed by atoms with Crippen molar-refractivity contribution in [2.45, 2.75) is 0 Å². The summed E-state index contributed by atoms with van der Waals surface area (Å²) in [6.07, 6.45) is 0. The van der Waals surface area contributed by atoms with Crippen LogP contribution >= 0.6 is 0 Å². The van der Waals surface area contributed by atoms with E-state index in [0.717, 1.165) is 0 Å². The van der Waals surface area contributed by atoms with E-state index in [1.54, 1.807) is 0 Å². The van der Waals surface area contributed by atoms with Crippen LogP contribution in [0.4, 0.5) is 0 Å². The summed E-state index contributed by atoms with van der Waals surface area (Å²) in [7, 11) is -2.47. The predicted octanol–water partition coefficient (Wildman–Crippen LogP) is 5.71. The number of rotatable bonds is 4. The minimum atomic E-state index is -2.47. The third kappa shape index (κ3) is 4.05. The van der Waals surface area contributed by atoms with Crippen molar-refractivity contribution in [1.82, 2.24) is 0 Å². The second kappa shape index (κ2) is 10.5. The number of benzene rings is 4. The molecule has 0 nitrogen and oxygen atoms in total. The van der Waals surface area contributed by atoms with Gasteiger partial charge in [0.1, 0.15) is 8.07 Å². The normalized spacial score (nSPS) is 10.8. The van der Waals surface area contributed by atoms with Crippen molar-refractivity contribution in [2.75, 3.05) is 0 Å². The van der Waals surface area contributed by atoms with E-state index in [1.165, 1.54) is 42.3 Å². The quantitative estimate of drug-likeness (QED) is 0.220. The molecule has 6 rings (SSSR count). The fourth-order valence-corrected chi connectivity index (χ4v) is 9.98. The van der Waals surface area contributed by atoms with Gasteiger partial charge in [-0.3, -0.25) is 0 Å². The standard InChI is InChI=1S/C30H22Si.2CH3.Ti/c1-3-15-27(16-4-1)31(28-17-5-2-6-18-28,29-19-23-11-7-8-12-24(23)20-29)30-21-25-13-9-10-14-26(25)22-30;;;/h1-22H;2*1H3;/q-2;2*-1;+4. The van der Waals surface area contributed by atoms with Gasteiger partial charge in [-0.05, 0) is 10.4 Å². The number of hydrogen-bond acceptors (Lipinski definition) is 0. The van der Waals surface area contributed by atoms with Crippen molar-refractivity contribution in [3.63, 3.8) is 0 Å². The van der Waals surface area contributed by atoms with Crippen LogP contribution in [0.2, 0.25) is 0 Å². The second-order valence-corrected chi connectivity index (χ2v) is 12.0. The van der Waals surface area contributed by atoms with E-state index in [2.05, 4.69) is 133 Å². The van der Waals surface area contributed by atoms with Crippen molar-refractivity contribution in [2.24, 2.45) is 0 Å². The summed E-state index contributed by atoms with van der Waals surface area (Å²) >= 11 is 0.